The molecule has 0 aliphatic rings. The Balaban J connectivity index is 1.50. The minimum absolute atomic E-state index is 0.0598. The van der Waals surface area contributed by atoms with E-state index in [1.807, 2.05) is 18.2 Å². The molecule has 6 nitrogen and oxygen atoms in total. The molecule has 3 aromatic rings. The van der Waals surface area contributed by atoms with Gasteiger partial charge in [-0.25, -0.2) is 4.39 Å². The molecule has 0 bridgehead atoms. The predicted octanol–water partition coefficient (Wildman–Crippen LogP) is 4.64. The van der Waals surface area contributed by atoms with E-state index in [0.29, 0.717) is 36.0 Å². The number of benzene rings is 2. The number of halogens is 2. The van der Waals surface area contributed by atoms with Crippen molar-refractivity contribution < 1.29 is 27.8 Å². The van der Waals surface area contributed by atoms with E-state index >= 15 is 0 Å². The highest BCUT2D eigenvalue weighted by atomic mass is 35.5. The lowest BCUT2D eigenvalue weighted by molar-refractivity contribution is 0.0922. The largest absolute Gasteiger partial charge is 0.493 e. The van der Waals surface area contributed by atoms with Crippen molar-refractivity contribution in [1.29, 1.82) is 0 Å². The number of hydrogen-bond donors (Lipinski definition) is 1. The van der Waals surface area contributed by atoms with E-state index in [-0.39, 0.29) is 23.3 Å². The second-order valence-corrected chi connectivity index (χ2v) is 6.73. The van der Waals surface area contributed by atoms with Crippen LogP contribution >= 0.6 is 11.6 Å². The number of methoxy groups -OCH3 is 2. The van der Waals surface area contributed by atoms with E-state index in [1.54, 1.807) is 26.4 Å². The van der Waals surface area contributed by atoms with Crippen molar-refractivity contribution in [3.8, 4) is 17.2 Å². The van der Waals surface area contributed by atoms with Gasteiger partial charge in [-0.3, -0.25) is 4.79 Å². The summed E-state index contributed by atoms with van der Waals surface area (Å²) in [5.41, 5.74) is 0.998. The summed E-state index contributed by atoms with van der Waals surface area (Å²) in [6, 6.07) is 12.7. The lowest BCUT2D eigenvalue weighted by Crippen LogP contribution is -2.25. The van der Waals surface area contributed by atoms with Crippen molar-refractivity contribution in [3.05, 3.63) is 76.5 Å². The maximum Gasteiger partial charge on any atom is 0.287 e. The first-order valence-electron chi connectivity index (χ1n) is 9.16. The quantitative estimate of drug-likeness (QED) is 0.532. The van der Waals surface area contributed by atoms with Gasteiger partial charge >= 0.3 is 0 Å². The van der Waals surface area contributed by atoms with Gasteiger partial charge in [0.1, 0.15) is 23.9 Å². The van der Waals surface area contributed by atoms with Crippen LogP contribution < -0.4 is 19.5 Å². The minimum Gasteiger partial charge on any atom is -0.493 e. The number of carbonyl (C=O) groups is 1. The molecular formula is C22H21ClFNO5. The fourth-order valence-electron chi connectivity index (χ4n) is 2.76. The van der Waals surface area contributed by atoms with E-state index in [1.165, 1.54) is 12.1 Å². The number of furan rings is 1. The van der Waals surface area contributed by atoms with Gasteiger partial charge in [-0.1, -0.05) is 17.7 Å². The SMILES string of the molecule is COc1ccc(CCNC(=O)c2ccc(COc3ccc(F)cc3Cl)o2)cc1OC. The lowest BCUT2D eigenvalue weighted by Gasteiger charge is -2.10. The molecule has 0 atom stereocenters. The molecule has 1 amide bonds. The van der Waals surface area contributed by atoms with Crippen LogP contribution in [0.2, 0.25) is 5.02 Å². The first-order valence-corrected chi connectivity index (χ1v) is 9.53. The molecule has 0 radical (unpaired) electrons. The molecule has 0 spiro atoms. The zero-order valence-electron chi connectivity index (χ0n) is 16.5. The van der Waals surface area contributed by atoms with E-state index in [0.717, 1.165) is 11.6 Å². The third-order valence-corrected chi connectivity index (χ3v) is 4.59. The molecular weight excluding hydrogens is 413 g/mol. The molecule has 30 heavy (non-hydrogen) atoms. The van der Waals surface area contributed by atoms with Crippen LogP contribution in [0, 0.1) is 5.82 Å². The molecule has 1 aromatic heterocycles. The van der Waals surface area contributed by atoms with E-state index < -0.39 is 5.82 Å². The molecule has 1 N–H and O–H groups in total. The Hall–Kier alpha value is -3.19. The van der Waals surface area contributed by atoms with Crippen LogP contribution in [0.5, 0.6) is 17.2 Å². The van der Waals surface area contributed by atoms with Gasteiger partial charge in [-0.2, -0.15) is 0 Å². The first kappa shape index (κ1) is 21.5. The Labute approximate surface area is 178 Å². The van der Waals surface area contributed by atoms with Gasteiger partial charge in [0.2, 0.25) is 0 Å². The summed E-state index contributed by atoms with van der Waals surface area (Å²) in [4.78, 5) is 12.3. The van der Waals surface area contributed by atoms with Crippen LogP contribution in [0.15, 0.2) is 52.9 Å². The summed E-state index contributed by atoms with van der Waals surface area (Å²) < 4.78 is 34.6. The fraction of sp³-hybridized carbons (Fsp3) is 0.227. The van der Waals surface area contributed by atoms with Gasteiger partial charge < -0.3 is 23.9 Å². The van der Waals surface area contributed by atoms with Gasteiger partial charge in [0.15, 0.2) is 17.3 Å². The Morgan fingerprint density at radius 1 is 1.03 bits per heavy atom. The van der Waals surface area contributed by atoms with Crippen LogP contribution in [-0.2, 0) is 13.0 Å². The Morgan fingerprint density at radius 2 is 1.80 bits per heavy atom. The zero-order valence-corrected chi connectivity index (χ0v) is 17.3. The van der Waals surface area contributed by atoms with Gasteiger partial charge in [-0.05, 0) is 54.4 Å². The molecule has 3 rings (SSSR count). The predicted molar refractivity (Wildman–Crippen MR) is 110 cm³/mol. The maximum absolute atomic E-state index is 13.1. The topological polar surface area (TPSA) is 69.9 Å². The number of amides is 1. The second kappa shape index (κ2) is 10.0. The Kier molecular flexibility index (Phi) is 7.19. The summed E-state index contributed by atoms with van der Waals surface area (Å²) in [5.74, 6) is 1.46. The van der Waals surface area contributed by atoms with Crippen LogP contribution in [0.3, 0.4) is 0 Å². The number of ether oxygens (including phenoxy) is 3. The molecule has 2 aromatic carbocycles. The minimum atomic E-state index is -0.447. The first-order chi connectivity index (χ1) is 14.5. The van der Waals surface area contributed by atoms with Crippen molar-refractivity contribution in [2.45, 2.75) is 13.0 Å². The third-order valence-electron chi connectivity index (χ3n) is 4.30. The smallest absolute Gasteiger partial charge is 0.287 e. The third kappa shape index (κ3) is 5.45. The second-order valence-electron chi connectivity index (χ2n) is 6.32. The van der Waals surface area contributed by atoms with E-state index in [9.17, 15) is 9.18 Å². The van der Waals surface area contributed by atoms with Crippen molar-refractivity contribution in [2.75, 3.05) is 20.8 Å². The standard InChI is InChI=1S/C22H21ClFNO5/c1-27-19-6-3-14(11-21(19)28-2)9-10-25-22(26)20-8-5-16(30-20)13-29-18-7-4-15(24)12-17(18)23/h3-8,11-12H,9-10,13H2,1-2H3,(H,25,26). The number of carbonyl (C=O) groups excluding carboxylic acids is 1. The van der Waals surface area contributed by atoms with Crippen molar-refractivity contribution >= 4 is 17.5 Å². The van der Waals surface area contributed by atoms with Crippen LogP contribution in [-0.4, -0.2) is 26.7 Å². The molecule has 0 saturated heterocycles. The van der Waals surface area contributed by atoms with Gasteiger partial charge in [0.25, 0.3) is 5.91 Å². The monoisotopic (exact) mass is 433 g/mol. The van der Waals surface area contributed by atoms with Gasteiger partial charge in [0, 0.05) is 6.54 Å². The van der Waals surface area contributed by atoms with Crippen LogP contribution in [0.25, 0.3) is 0 Å². The molecule has 1 heterocycles. The normalized spacial score (nSPS) is 10.5. The molecule has 158 valence electrons. The van der Waals surface area contributed by atoms with Gasteiger partial charge in [0.05, 0.1) is 19.2 Å². The van der Waals surface area contributed by atoms with Crippen molar-refractivity contribution in [3.63, 3.8) is 0 Å². The number of nitrogens with one attached hydrogen (secondary N) is 1. The average molecular weight is 434 g/mol. The Bertz CT molecular complexity index is 1020. The lowest BCUT2D eigenvalue weighted by atomic mass is 10.1. The van der Waals surface area contributed by atoms with E-state index in [2.05, 4.69) is 5.32 Å². The van der Waals surface area contributed by atoms with Gasteiger partial charge in [-0.15, -0.1) is 0 Å². The van der Waals surface area contributed by atoms with E-state index in [4.69, 9.17) is 30.2 Å². The Morgan fingerprint density at radius 3 is 2.53 bits per heavy atom. The molecule has 8 heteroatoms. The highest BCUT2D eigenvalue weighted by molar-refractivity contribution is 6.32. The summed E-state index contributed by atoms with van der Waals surface area (Å²) in [6.07, 6.45) is 0.617. The highest BCUT2D eigenvalue weighted by Crippen LogP contribution is 2.28. The molecule has 0 saturated carbocycles. The fourth-order valence-corrected chi connectivity index (χ4v) is 2.98. The number of hydrogen-bond acceptors (Lipinski definition) is 5. The van der Waals surface area contributed by atoms with Crippen LogP contribution in [0.4, 0.5) is 4.39 Å². The molecule has 0 fully saturated rings. The van der Waals surface area contributed by atoms with Crippen molar-refractivity contribution in [2.24, 2.45) is 0 Å². The summed E-state index contributed by atoms with van der Waals surface area (Å²) in [5, 5.41) is 2.97. The van der Waals surface area contributed by atoms with Crippen LogP contribution in [0.1, 0.15) is 21.9 Å². The number of rotatable bonds is 9. The molecule has 0 unspecified atom stereocenters. The molecule has 0 aliphatic carbocycles. The summed E-state index contributed by atoms with van der Waals surface area (Å²) in [7, 11) is 3.15. The average Bonchev–Trinajstić information content (AvgIpc) is 3.22. The maximum atomic E-state index is 13.1. The summed E-state index contributed by atoms with van der Waals surface area (Å²) >= 11 is 5.92. The van der Waals surface area contributed by atoms with Crippen molar-refractivity contribution in [1.82, 2.24) is 5.32 Å². The zero-order chi connectivity index (χ0) is 21.5. The highest BCUT2D eigenvalue weighted by Gasteiger charge is 2.12. The summed E-state index contributed by atoms with van der Waals surface area (Å²) in [6.45, 7) is 0.482. The molecule has 0 aliphatic heterocycles.